The van der Waals surface area contributed by atoms with Crippen molar-refractivity contribution in [3.05, 3.63) is 79.0 Å². The first-order valence-corrected chi connectivity index (χ1v) is 10.3. The maximum Gasteiger partial charge on any atom is 0.417 e. The van der Waals surface area contributed by atoms with Crippen LogP contribution in [0.4, 0.5) is 13.2 Å². The number of hydrogen-bond donors (Lipinski definition) is 0. The zero-order chi connectivity index (χ0) is 20.6. The van der Waals surface area contributed by atoms with Crippen molar-refractivity contribution in [2.45, 2.75) is 25.2 Å². The van der Waals surface area contributed by atoms with Crippen molar-refractivity contribution >= 4 is 34.3 Å². The Morgan fingerprint density at radius 1 is 1.14 bits per heavy atom. The fourth-order valence-electron chi connectivity index (χ4n) is 3.08. The summed E-state index contributed by atoms with van der Waals surface area (Å²) in [7, 11) is 0. The van der Waals surface area contributed by atoms with Crippen LogP contribution in [0.1, 0.15) is 27.8 Å². The summed E-state index contributed by atoms with van der Waals surface area (Å²) in [6.45, 7) is -0.522. The number of hydrogen-bond acceptors (Lipinski definition) is 5. The van der Waals surface area contributed by atoms with Gasteiger partial charge in [-0.1, -0.05) is 12.1 Å². The van der Waals surface area contributed by atoms with Crippen molar-refractivity contribution in [3.8, 4) is 0 Å². The molecule has 0 bridgehead atoms. The number of rotatable bonds is 4. The molecule has 0 N–H and O–H groups in total. The highest BCUT2D eigenvalue weighted by atomic mass is 32.1. The average molecular weight is 437 g/mol. The minimum Gasteiger partial charge on any atom is -0.305 e. The van der Waals surface area contributed by atoms with E-state index in [0.29, 0.717) is 18.7 Å². The molecule has 1 amide bonds. The molecule has 0 aromatic carbocycles. The second kappa shape index (κ2) is 7.60. The lowest BCUT2D eigenvalue weighted by atomic mass is 10.1. The summed E-state index contributed by atoms with van der Waals surface area (Å²) in [5.41, 5.74) is -0.923. The molecule has 0 aliphatic carbocycles. The molecule has 1 aliphatic heterocycles. The summed E-state index contributed by atoms with van der Waals surface area (Å²) in [4.78, 5) is 26.8. The smallest absolute Gasteiger partial charge is 0.305 e. The minimum atomic E-state index is -4.60. The number of carbonyl (C=O) groups is 1. The second-order valence-electron chi connectivity index (χ2n) is 6.38. The van der Waals surface area contributed by atoms with E-state index in [2.05, 4.69) is 5.10 Å². The zero-order valence-electron chi connectivity index (χ0n) is 14.8. The van der Waals surface area contributed by atoms with Crippen LogP contribution in [-0.2, 0) is 17.5 Å². The largest absolute Gasteiger partial charge is 0.417 e. The molecule has 5 nitrogen and oxygen atoms in total. The fraction of sp³-hybridized carbons (Fsp3) is 0.211. The number of alkyl halides is 3. The van der Waals surface area contributed by atoms with Crippen molar-refractivity contribution in [2.24, 2.45) is 5.10 Å². The molecule has 3 aromatic rings. The first kappa shape index (κ1) is 19.6. The third-order valence-corrected chi connectivity index (χ3v) is 6.35. The summed E-state index contributed by atoms with van der Waals surface area (Å²) < 4.78 is 39.7. The Kier molecular flexibility index (Phi) is 5.13. The van der Waals surface area contributed by atoms with Gasteiger partial charge >= 0.3 is 6.18 Å². The van der Waals surface area contributed by atoms with Crippen LogP contribution >= 0.6 is 22.7 Å². The third kappa shape index (κ3) is 4.03. The molecule has 150 valence electrons. The van der Waals surface area contributed by atoms with E-state index in [1.165, 1.54) is 27.7 Å². The molecular weight excluding hydrogens is 423 g/mol. The summed E-state index contributed by atoms with van der Waals surface area (Å²) in [6.07, 6.45) is -3.43. The van der Waals surface area contributed by atoms with Gasteiger partial charge in [-0.15, -0.1) is 22.7 Å². The van der Waals surface area contributed by atoms with Gasteiger partial charge in [-0.3, -0.25) is 9.59 Å². The lowest BCUT2D eigenvalue weighted by Crippen LogP contribution is -2.33. The van der Waals surface area contributed by atoms with Gasteiger partial charge in [0.15, 0.2) is 0 Å². The maximum atomic E-state index is 13.0. The molecule has 0 radical (unpaired) electrons. The van der Waals surface area contributed by atoms with E-state index >= 15 is 0 Å². The number of thiophene rings is 2. The Bertz CT molecular complexity index is 1100. The lowest BCUT2D eigenvalue weighted by Gasteiger charge is -2.21. The number of pyridine rings is 1. The first-order valence-electron chi connectivity index (χ1n) is 8.57. The molecule has 4 heterocycles. The molecule has 10 heteroatoms. The molecule has 0 saturated carbocycles. The van der Waals surface area contributed by atoms with Crippen molar-refractivity contribution in [1.29, 1.82) is 0 Å². The molecule has 0 saturated heterocycles. The minimum absolute atomic E-state index is 0.346. The van der Waals surface area contributed by atoms with Crippen molar-refractivity contribution in [2.75, 3.05) is 0 Å². The normalized spacial score (nSPS) is 16.9. The van der Waals surface area contributed by atoms with Gasteiger partial charge in [0.2, 0.25) is 0 Å². The van der Waals surface area contributed by atoms with Gasteiger partial charge in [-0.2, -0.15) is 18.3 Å². The highest BCUT2D eigenvalue weighted by Gasteiger charge is 2.35. The predicted molar refractivity (Wildman–Crippen MR) is 105 cm³/mol. The van der Waals surface area contributed by atoms with E-state index in [0.717, 1.165) is 26.1 Å². The highest BCUT2D eigenvalue weighted by molar-refractivity contribution is 7.12. The number of carbonyl (C=O) groups excluding carboxylic acids is 1. The molecule has 1 atom stereocenters. The van der Waals surface area contributed by atoms with Crippen LogP contribution in [0.2, 0.25) is 0 Å². The molecular formula is C19H14F3N3O2S2. The van der Waals surface area contributed by atoms with Gasteiger partial charge in [0, 0.05) is 23.6 Å². The Morgan fingerprint density at radius 2 is 1.90 bits per heavy atom. The Labute approximate surface area is 171 Å². The molecule has 1 aliphatic rings. The monoisotopic (exact) mass is 437 g/mol. The van der Waals surface area contributed by atoms with Gasteiger partial charge in [-0.25, -0.2) is 5.01 Å². The predicted octanol–water partition coefficient (Wildman–Crippen LogP) is 4.37. The summed E-state index contributed by atoms with van der Waals surface area (Å²) >= 11 is 2.97. The fourth-order valence-corrected chi connectivity index (χ4v) is 4.61. The van der Waals surface area contributed by atoms with E-state index in [-0.39, 0.29) is 6.04 Å². The van der Waals surface area contributed by atoms with Crippen LogP contribution < -0.4 is 5.56 Å². The molecule has 0 unspecified atom stereocenters. The lowest BCUT2D eigenvalue weighted by molar-refractivity contribution is -0.139. The second-order valence-corrected chi connectivity index (χ2v) is 8.31. The molecule has 29 heavy (non-hydrogen) atoms. The number of amides is 1. The van der Waals surface area contributed by atoms with E-state index in [9.17, 15) is 22.8 Å². The van der Waals surface area contributed by atoms with Gasteiger partial charge < -0.3 is 4.57 Å². The van der Waals surface area contributed by atoms with E-state index in [4.69, 9.17) is 0 Å². The number of aromatic nitrogens is 1. The van der Waals surface area contributed by atoms with Gasteiger partial charge in [-0.05, 0) is 29.0 Å². The van der Waals surface area contributed by atoms with Crippen LogP contribution in [0.15, 0.2) is 63.3 Å². The van der Waals surface area contributed by atoms with Crippen LogP contribution in [0.3, 0.4) is 0 Å². The van der Waals surface area contributed by atoms with Gasteiger partial charge in [0.05, 0.1) is 22.2 Å². The van der Waals surface area contributed by atoms with Gasteiger partial charge in [0.25, 0.3) is 11.5 Å². The Hall–Kier alpha value is -2.72. The SMILES string of the molecule is O=C(Cn1cc(C(F)(F)F)ccc1=O)N1N=C(c2cccs2)C[C@H]1c1cccs1. The van der Waals surface area contributed by atoms with E-state index < -0.39 is 29.8 Å². The topological polar surface area (TPSA) is 54.7 Å². The standard InChI is InChI=1S/C19H14F3N3O2S2/c20-19(21,22)12-5-6-17(26)24(10-12)11-18(27)25-14(16-4-2-8-29-16)9-13(23-25)15-3-1-7-28-15/h1-8,10,14H,9,11H2/t14-/m0/s1. The summed E-state index contributed by atoms with van der Waals surface area (Å²) in [5.74, 6) is -0.545. The number of nitrogens with zero attached hydrogens (tertiary/aromatic N) is 3. The third-order valence-electron chi connectivity index (χ3n) is 4.46. The van der Waals surface area contributed by atoms with Crippen molar-refractivity contribution < 1.29 is 18.0 Å². The van der Waals surface area contributed by atoms with Crippen LogP contribution in [0, 0.1) is 0 Å². The van der Waals surface area contributed by atoms with Gasteiger partial charge in [0.1, 0.15) is 6.54 Å². The van der Waals surface area contributed by atoms with E-state index in [1.807, 2.05) is 35.0 Å². The summed E-state index contributed by atoms with van der Waals surface area (Å²) in [6, 6.07) is 8.72. The first-order chi connectivity index (χ1) is 13.8. The molecule has 3 aromatic heterocycles. The summed E-state index contributed by atoms with van der Waals surface area (Å²) in [5, 5.41) is 9.52. The Balaban J connectivity index is 1.64. The number of hydrazone groups is 1. The zero-order valence-corrected chi connectivity index (χ0v) is 16.4. The molecule has 0 fully saturated rings. The van der Waals surface area contributed by atoms with Crippen LogP contribution in [0.5, 0.6) is 0 Å². The van der Waals surface area contributed by atoms with E-state index in [1.54, 1.807) is 0 Å². The van der Waals surface area contributed by atoms with Crippen LogP contribution in [0.25, 0.3) is 0 Å². The molecule has 0 spiro atoms. The highest BCUT2D eigenvalue weighted by Crippen LogP contribution is 2.36. The maximum absolute atomic E-state index is 13.0. The van der Waals surface area contributed by atoms with Crippen molar-refractivity contribution in [1.82, 2.24) is 9.58 Å². The van der Waals surface area contributed by atoms with Crippen LogP contribution in [-0.4, -0.2) is 21.2 Å². The Morgan fingerprint density at radius 3 is 2.55 bits per heavy atom. The average Bonchev–Trinajstić information content (AvgIpc) is 3.42. The number of halogens is 3. The van der Waals surface area contributed by atoms with Crippen molar-refractivity contribution in [3.63, 3.8) is 0 Å². The quantitative estimate of drug-likeness (QED) is 0.609. The molecule has 4 rings (SSSR count).